The number of ether oxygens (including phenoxy) is 2. The Bertz CT molecular complexity index is 977. The molecule has 1 heterocycles. The molecule has 31 heavy (non-hydrogen) atoms. The van der Waals surface area contributed by atoms with Crippen molar-refractivity contribution in [2.75, 3.05) is 25.1 Å². The smallest absolute Gasteiger partial charge is 0.255 e. The van der Waals surface area contributed by atoms with E-state index in [4.69, 9.17) is 9.47 Å². The summed E-state index contributed by atoms with van der Waals surface area (Å²) in [5.74, 6) is 1.89. The second-order valence-electron chi connectivity index (χ2n) is 6.89. The average Bonchev–Trinajstić information content (AvgIpc) is 2.80. The predicted molar refractivity (Wildman–Crippen MR) is 123 cm³/mol. The zero-order valence-corrected chi connectivity index (χ0v) is 18.1. The number of nitrogens with zero attached hydrogens (tertiary/aromatic N) is 1. The van der Waals surface area contributed by atoms with Gasteiger partial charge in [-0.15, -0.1) is 0 Å². The maximum Gasteiger partial charge on any atom is 0.255 e. The summed E-state index contributed by atoms with van der Waals surface area (Å²) in [4.78, 5) is 17.1. The number of pyridine rings is 1. The number of hydrogen-bond acceptors (Lipinski definition) is 5. The van der Waals surface area contributed by atoms with Gasteiger partial charge in [0.25, 0.3) is 5.91 Å². The molecule has 0 atom stereocenters. The van der Waals surface area contributed by atoms with E-state index in [0.29, 0.717) is 44.1 Å². The first-order valence-corrected chi connectivity index (χ1v) is 10.6. The number of anilines is 1. The van der Waals surface area contributed by atoms with Gasteiger partial charge in [0.15, 0.2) is 11.5 Å². The molecule has 0 aliphatic rings. The molecule has 2 aromatic carbocycles. The number of carbonyl (C=O) groups excluding carboxylic acids is 1. The molecule has 0 aliphatic carbocycles. The lowest BCUT2D eigenvalue weighted by atomic mass is 10.1. The summed E-state index contributed by atoms with van der Waals surface area (Å²) >= 11 is 0. The monoisotopic (exact) mass is 419 g/mol. The average molecular weight is 420 g/mol. The van der Waals surface area contributed by atoms with Crippen LogP contribution in [0.4, 0.5) is 5.82 Å². The molecule has 0 aliphatic heterocycles. The van der Waals surface area contributed by atoms with Crippen molar-refractivity contribution < 1.29 is 14.3 Å². The number of aromatic nitrogens is 1. The van der Waals surface area contributed by atoms with E-state index >= 15 is 0 Å². The highest BCUT2D eigenvalue weighted by atomic mass is 16.5. The highest BCUT2D eigenvalue weighted by molar-refractivity contribution is 5.98. The SMILES string of the molecule is CCOc1ccc(CCNC(=O)c2cccnc2NCc2ccccc2)cc1OCC. The van der Waals surface area contributed by atoms with E-state index in [2.05, 4.69) is 15.6 Å². The van der Waals surface area contributed by atoms with Crippen molar-refractivity contribution in [2.45, 2.75) is 26.8 Å². The Balaban J connectivity index is 1.58. The summed E-state index contributed by atoms with van der Waals surface area (Å²) in [6.45, 7) is 6.15. The highest BCUT2D eigenvalue weighted by Gasteiger charge is 2.12. The zero-order chi connectivity index (χ0) is 21.9. The van der Waals surface area contributed by atoms with Crippen molar-refractivity contribution in [3.05, 3.63) is 83.6 Å². The van der Waals surface area contributed by atoms with Gasteiger partial charge in [-0.25, -0.2) is 4.98 Å². The molecular formula is C25H29N3O3. The van der Waals surface area contributed by atoms with Gasteiger partial charge in [-0.05, 0) is 55.7 Å². The molecular weight excluding hydrogens is 390 g/mol. The van der Waals surface area contributed by atoms with Gasteiger partial charge in [-0.1, -0.05) is 36.4 Å². The quantitative estimate of drug-likeness (QED) is 0.480. The fourth-order valence-corrected chi connectivity index (χ4v) is 3.18. The van der Waals surface area contributed by atoms with E-state index in [1.165, 1.54) is 0 Å². The maximum absolute atomic E-state index is 12.7. The van der Waals surface area contributed by atoms with Crippen LogP contribution in [0.15, 0.2) is 66.9 Å². The van der Waals surface area contributed by atoms with E-state index < -0.39 is 0 Å². The summed E-state index contributed by atoms with van der Waals surface area (Å²) in [5, 5.41) is 6.24. The molecule has 6 nitrogen and oxygen atoms in total. The van der Waals surface area contributed by atoms with E-state index in [0.717, 1.165) is 22.6 Å². The maximum atomic E-state index is 12.7. The molecule has 3 rings (SSSR count). The lowest BCUT2D eigenvalue weighted by molar-refractivity contribution is 0.0954. The van der Waals surface area contributed by atoms with Crippen LogP contribution in [0, 0.1) is 0 Å². The Morgan fingerprint density at radius 2 is 1.68 bits per heavy atom. The summed E-state index contributed by atoms with van der Waals surface area (Å²) in [6.07, 6.45) is 2.37. The van der Waals surface area contributed by atoms with Gasteiger partial charge in [0.2, 0.25) is 0 Å². The topological polar surface area (TPSA) is 72.5 Å². The third-order valence-corrected chi connectivity index (χ3v) is 4.66. The third kappa shape index (κ3) is 6.47. The minimum atomic E-state index is -0.153. The van der Waals surface area contributed by atoms with Gasteiger partial charge in [0, 0.05) is 19.3 Å². The molecule has 6 heteroatoms. The standard InChI is InChI=1S/C25H29N3O3/c1-3-30-22-13-12-19(17-23(22)31-4-2)14-16-27-25(29)21-11-8-15-26-24(21)28-18-20-9-6-5-7-10-20/h5-13,15,17H,3-4,14,16,18H2,1-2H3,(H,26,28)(H,27,29). The van der Waals surface area contributed by atoms with Gasteiger partial charge < -0.3 is 20.1 Å². The van der Waals surface area contributed by atoms with E-state index in [1.807, 2.05) is 62.4 Å². The lowest BCUT2D eigenvalue weighted by Crippen LogP contribution is -2.27. The Hall–Kier alpha value is -3.54. The summed E-state index contributed by atoms with van der Waals surface area (Å²) < 4.78 is 11.3. The fourth-order valence-electron chi connectivity index (χ4n) is 3.18. The zero-order valence-electron chi connectivity index (χ0n) is 18.1. The molecule has 0 saturated heterocycles. The van der Waals surface area contributed by atoms with Crippen LogP contribution < -0.4 is 20.1 Å². The first kappa shape index (κ1) is 22.2. The first-order valence-electron chi connectivity index (χ1n) is 10.6. The van der Waals surface area contributed by atoms with Crippen LogP contribution in [0.2, 0.25) is 0 Å². The Labute approximate surface area is 183 Å². The van der Waals surface area contributed by atoms with E-state index in [1.54, 1.807) is 18.3 Å². The Kier molecular flexibility index (Phi) is 8.29. The molecule has 3 aromatic rings. The van der Waals surface area contributed by atoms with Crippen LogP contribution in [0.25, 0.3) is 0 Å². The molecule has 0 fully saturated rings. The van der Waals surface area contributed by atoms with Crippen molar-refractivity contribution in [3.8, 4) is 11.5 Å². The van der Waals surface area contributed by atoms with Gasteiger partial charge in [-0.2, -0.15) is 0 Å². The summed E-state index contributed by atoms with van der Waals surface area (Å²) in [6, 6.07) is 19.4. The number of nitrogens with one attached hydrogen (secondary N) is 2. The molecule has 2 N–H and O–H groups in total. The molecule has 0 radical (unpaired) electrons. The van der Waals surface area contributed by atoms with Gasteiger partial charge in [0.05, 0.1) is 18.8 Å². The Morgan fingerprint density at radius 1 is 0.903 bits per heavy atom. The van der Waals surface area contributed by atoms with Crippen molar-refractivity contribution in [3.63, 3.8) is 0 Å². The number of amides is 1. The number of rotatable bonds is 11. The summed E-state index contributed by atoms with van der Waals surface area (Å²) in [5.41, 5.74) is 2.72. The van der Waals surface area contributed by atoms with Crippen molar-refractivity contribution in [2.24, 2.45) is 0 Å². The van der Waals surface area contributed by atoms with Gasteiger partial charge in [0.1, 0.15) is 5.82 Å². The van der Waals surface area contributed by atoms with Crippen LogP contribution in [0.1, 0.15) is 35.3 Å². The van der Waals surface area contributed by atoms with Crippen molar-refractivity contribution in [1.29, 1.82) is 0 Å². The normalized spacial score (nSPS) is 10.4. The molecule has 162 valence electrons. The van der Waals surface area contributed by atoms with E-state index in [-0.39, 0.29) is 5.91 Å². The molecule has 0 saturated carbocycles. The number of hydrogen-bond donors (Lipinski definition) is 2. The molecule has 0 spiro atoms. The fraction of sp³-hybridized carbons (Fsp3) is 0.280. The van der Waals surface area contributed by atoms with Crippen LogP contribution >= 0.6 is 0 Å². The number of benzene rings is 2. The van der Waals surface area contributed by atoms with Crippen LogP contribution in [0.3, 0.4) is 0 Å². The van der Waals surface area contributed by atoms with E-state index in [9.17, 15) is 4.79 Å². The minimum Gasteiger partial charge on any atom is -0.490 e. The minimum absolute atomic E-state index is 0.153. The molecule has 0 unspecified atom stereocenters. The van der Waals surface area contributed by atoms with Crippen LogP contribution in [-0.4, -0.2) is 30.6 Å². The lowest BCUT2D eigenvalue weighted by Gasteiger charge is -2.13. The predicted octanol–water partition coefficient (Wildman–Crippen LogP) is 4.46. The first-order chi connectivity index (χ1) is 15.2. The largest absolute Gasteiger partial charge is 0.490 e. The number of carbonyl (C=O) groups is 1. The third-order valence-electron chi connectivity index (χ3n) is 4.66. The molecule has 0 bridgehead atoms. The molecule has 1 amide bonds. The second kappa shape index (κ2) is 11.6. The van der Waals surface area contributed by atoms with Gasteiger partial charge >= 0.3 is 0 Å². The van der Waals surface area contributed by atoms with Crippen LogP contribution in [-0.2, 0) is 13.0 Å². The van der Waals surface area contributed by atoms with Crippen LogP contribution in [0.5, 0.6) is 11.5 Å². The summed E-state index contributed by atoms with van der Waals surface area (Å²) in [7, 11) is 0. The van der Waals surface area contributed by atoms with Crippen molar-refractivity contribution >= 4 is 11.7 Å². The Morgan fingerprint density at radius 3 is 2.45 bits per heavy atom. The van der Waals surface area contributed by atoms with Crippen molar-refractivity contribution in [1.82, 2.24) is 10.3 Å². The van der Waals surface area contributed by atoms with Gasteiger partial charge in [-0.3, -0.25) is 4.79 Å². The molecule has 1 aromatic heterocycles. The highest BCUT2D eigenvalue weighted by Crippen LogP contribution is 2.28. The second-order valence-corrected chi connectivity index (χ2v) is 6.89.